The van der Waals surface area contributed by atoms with Crippen molar-refractivity contribution >= 4 is 15.8 Å². The number of aromatic nitrogens is 2. The van der Waals surface area contributed by atoms with Crippen LogP contribution in [-0.4, -0.2) is 54.6 Å². The van der Waals surface area contributed by atoms with Crippen molar-refractivity contribution in [3.8, 4) is 0 Å². The molecule has 1 aromatic heterocycles. The third-order valence-corrected chi connectivity index (χ3v) is 7.20. The van der Waals surface area contributed by atoms with E-state index < -0.39 is 10.0 Å². The van der Waals surface area contributed by atoms with Crippen LogP contribution in [0, 0.1) is 13.8 Å². The Balaban J connectivity index is 1.90. The van der Waals surface area contributed by atoms with E-state index in [2.05, 4.69) is 48.0 Å². The summed E-state index contributed by atoms with van der Waals surface area (Å²) in [5, 5.41) is 0. The van der Waals surface area contributed by atoms with Crippen molar-refractivity contribution in [2.45, 2.75) is 40.5 Å². The Morgan fingerprint density at radius 1 is 0.964 bits per heavy atom. The molecule has 2 heterocycles. The van der Waals surface area contributed by atoms with Crippen LogP contribution in [0.4, 0.5) is 5.82 Å². The smallest absolute Gasteiger partial charge is 0.213 e. The van der Waals surface area contributed by atoms with Gasteiger partial charge in [-0.05, 0) is 32.8 Å². The predicted octanol–water partition coefficient (Wildman–Crippen LogP) is 2.72. The highest BCUT2D eigenvalue weighted by molar-refractivity contribution is 7.89. The number of hydrogen-bond donors (Lipinski definition) is 0. The van der Waals surface area contributed by atoms with E-state index in [-0.39, 0.29) is 5.75 Å². The van der Waals surface area contributed by atoms with Crippen molar-refractivity contribution in [3.05, 3.63) is 52.5 Å². The summed E-state index contributed by atoms with van der Waals surface area (Å²) in [6, 6.07) is 8.57. The van der Waals surface area contributed by atoms with Crippen molar-refractivity contribution in [1.29, 1.82) is 0 Å². The molecule has 0 unspecified atom stereocenters. The van der Waals surface area contributed by atoms with E-state index in [0.29, 0.717) is 26.2 Å². The molecule has 3 rings (SSSR count). The molecule has 1 aliphatic rings. The lowest BCUT2D eigenvalue weighted by atomic mass is 10.0. The topological polar surface area (TPSA) is 66.4 Å². The highest BCUT2D eigenvalue weighted by Gasteiger charge is 2.28. The van der Waals surface area contributed by atoms with Crippen molar-refractivity contribution < 1.29 is 8.42 Å². The molecular formula is C21H30N4O2S. The van der Waals surface area contributed by atoms with Crippen LogP contribution >= 0.6 is 0 Å². The normalized spacial score (nSPS) is 15.8. The van der Waals surface area contributed by atoms with E-state index >= 15 is 0 Å². The monoisotopic (exact) mass is 402 g/mol. The van der Waals surface area contributed by atoms with E-state index in [1.54, 1.807) is 11.2 Å². The highest BCUT2D eigenvalue weighted by atomic mass is 32.2. The van der Waals surface area contributed by atoms with Crippen LogP contribution in [0.3, 0.4) is 0 Å². The minimum absolute atomic E-state index is 0.151. The maximum absolute atomic E-state index is 12.2. The van der Waals surface area contributed by atoms with Gasteiger partial charge in [-0.1, -0.05) is 36.8 Å². The van der Waals surface area contributed by atoms with Gasteiger partial charge in [0.15, 0.2) is 0 Å². The van der Waals surface area contributed by atoms with Gasteiger partial charge in [0.1, 0.15) is 11.6 Å². The Bertz CT molecular complexity index is 918. The maximum Gasteiger partial charge on any atom is 0.213 e. The molecule has 0 N–H and O–H groups in total. The largest absolute Gasteiger partial charge is 0.354 e. The first kappa shape index (κ1) is 20.7. The van der Waals surface area contributed by atoms with Crippen LogP contribution in [0.5, 0.6) is 0 Å². The molecule has 6 nitrogen and oxygen atoms in total. The Kier molecular flexibility index (Phi) is 6.35. The molecule has 7 heteroatoms. The average Bonchev–Trinajstić information content (AvgIpc) is 2.70. The fraction of sp³-hybridized carbons (Fsp3) is 0.524. The van der Waals surface area contributed by atoms with E-state index in [4.69, 9.17) is 4.98 Å². The zero-order valence-electron chi connectivity index (χ0n) is 17.3. The predicted molar refractivity (Wildman–Crippen MR) is 113 cm³/mol. The number of piperazine rings is 1. The Morgan fingerprint density at radius 3 is 2.18 bits per heavy atom. The van der Waals surface area contributed by atoms with Crippen LogP contribution in [0.25, 0.3) is 0 Å². The first-order valence-electron chi connectivity index (χ1n) is 9.98. The van der Waals surface area contributed by atoms with Gasteiger partial charge in [0, 0.05) is 43.9 Å². The van der Waals surface area contributed by atoms with Crippen molar-refractivity contribution in [2.75, 3.05) is 36.8 Å². The second kappa shape index (κ2) is 8.57. The first-order chi connectivity index (χ1) is 13.3. The quantitative estimate of drug-likeness (QED) is 0.743. The van der Waals surface area contributed by atoms with Gasteiger partial charge >= 0.3 is 0 Å². The van der Waals surface area contributed by atoms with Gasteiger partial charge in [0.2, 0.25) is 10.0 Å². The lowest BCUT2D eigenvalue weighted by molar-refractivity contribution is 0.384. The highest BCUT2D eigenvalue weighted by Crippen LogP contribution is 2.26. The van der Waals surface area contributed by atoms with Gasteiger partial charge in [-0.15, -0.1) is 0 Å². The fourth-order valence-electron chi connectivity index (χ4n) is 3.64. The molecule has 1 fully saturated rings. The summed E-state index contributed by atoms with van der Waals surface area (Å²) in [6.45, 7) is 10.1. The molecule has 0 spiro atoms. The molecule has 1 saturated heterocycles. The van der Waals surface area contributed by atoms with Crippen molar-refractivity contribution in [3.63, 3.8) is 0 Å². The van der Waals surface area contributed by atoms with Crippen molar-refractivity contribution in [2.24, 2.45) is 0 Å². The van der Waals surface area contributed by atoms with Gasteiger partial charge in [-0.25, -0.2) is 18.4 Å². The summed E-state index contributed by atoms with van der Waals surface area (Å²) in [7, 11) is -3.14. The van der Waals surface area contributed by atoms with E-state index in [1.165, 1.54) is 11.1 Å². The van der Waals surface area contributed by atoms with Gasteiger partial charge < -0.3 is 4.90 Å². The van der Waals surface area contributed by atoms with E-state index in [0.717, 1.165) is 35.7 Å². The molecule has 0 amide bonds. The number of rotatable bonds is 6. The van der Waals surface area contributed by atoms with Gasteiger partial charge in [0.05, 0.1) is 5.75 Å². The van der Waals surface area contributed by atoms with Crippen molar-refractivity contribution in [1.82, 2.24) is 14.3 Å². The average molecular weight is 403 g/mol. The summed E-state index contributed by atoms with van der Waals surface area (Å²) in [5.74, 6) is 1.87. The third kappa shape index (κ3) is 4.52. The molecule has 0 atom stereocenters. The minimum Gasteiger partial charge on any atom is -0.354 e. The second-order valence-electron chi connectivity index (χ2n) is 7.32. The zero-order chi connectivity index (χ0) is 20.3. The number of benzene rings is 1. The van der Waals surface area contributed by atoms with Gasteiger partial charge in [-0.2, -0.15) is 4.31 Å². The van der Waals surface area contributed by atoms with Crippen LogP contribution in [0.15, 0.2) is 24.3 Å². The second-order valence-corrected chi connectivity index (χ2v) is 9.58. The summed E-state index contributed by atoms with van der Waals surface area (Å²) < 4.78 is 25.9. The van der Waals surface area contributed by atoms with Crippen LogP contribution in [-0.2, 0) is 22.9 Å². The van der Waals surface area contributed by atoms with Gasteiger partial charge in [-0.3, -0.25) is 0 Å². The molecule has 28 heavy (non-hydrogen) atoms. The molecular weight excluding hydrogens is 372 g/mol. The van der Waals surface area contributed by atoms with Gasteiger partial charge in [0.25, 0.3) is 0 Å². The molecule has 0 aliphatic carbocycles. The molecule has 0 saturated carbocycles. The van der Waals surface area contributed by atoms with E-state index in [1.807, 2.05) is 6.92 Å². The summed E-state index contributed by atoms with van der Waals surface area (Å²) in [6.07, 6.45) is 1.63. The number of hydrogen-bond acceptors (Lipinski definition) is 5. The standard InChI is InChI=1S/C21H30N4O2S/c1-5-20-19(15-18-9-7-16(3)8-10-18)21(23-17(4)22-20)24-11-13-25(14-12-24)28(26,27)6-2/h7-10H,5-6,11-15H2,1-4H3. The third-order valence-electron chi connectivity index (χ3n) is 5.32. The Labute approximate surface area is 168 Å². The Hall–Kier alpha value is -1.99. The number of aryl methyl sites for hydroxylation is 3. The molecule has 1 aliphatic heterocycles. The molecule has 1 aromatic carbocycles. The fourth-order valence-corrected chi connectivity index (χ4v) is 4.73. The molecule has 0 bridgehead atoms. The molecule has 2 aromatic rings. The first-order valence-corrected chi connectivity index (χ1v) is 11.6. The minimum atomic E-state index is -3.14. The summed E-state index contributed by atoms with van der Waals surface area (Å²) >= 11 is 0. The molecule has 0 radical (unpaired) electrons. The number of sulfonamides is 1. The number of nitrogens with zero attached hydrogens (tertiary/aromatic N) is 4. The van der Waals surface area contributed by atoms with Crippen LogP contribution < -0.4 is 4.90 Å². The summed E-state index contributed by atoms with van der Waals surface area (Å²) in [5.41, 5.74) is 4.71. The van der Waals surface area contributed by atoms with E-state index in [9.17, 15) is 8.42 Å². The number of anilines is 1. The molecule has 152 valence electrons. The van der Waals surface area contributed by atoms with Crippen LogP contribution in [0.1, 0.15) is 42.1 Å². The SMILES string of the molecule is CCc1nc(C)nc(N2CCN(S(=O)(=O)CC)CC2)c1Cc1ccc(C)cc1. The lowest BCUT2D eigenvalue weighted by Crippen LogP contribution is -2.49. The zero-order valence-corrected chi connectivity index (χ0v) is 18.1. The Morgan fingerprint density at radius 2 is 1.61 bits per heavy atom. The maximum atomic E-state index is 12.2. The van der Waals surface area contributed by atoms with Crippen LogP contribution in [0.2, 0.25) is 0 Å². The lowest BCUT2D eigenvalue weighted by Gasteiger charge is -2.35. The summed E-state index contributed by atoms with van der Waals surface area (Å²) in [4.78, 5) is 11.7.